The van der Waals surface area contributed by atoms with Gasteiger partial charge in [0.1, 0.15) is 17.9 Å². The molecule has 1 aromatic heterocycles. The molecule has 3 aromatic rings. The van der Waals surface area contributed by atoms with Crippen LogP contribution in [-0.4, -0.2) is 47.9 Å². The third kappa shape index (κ3) is 8.14. The summed E-state index contributed by atoms with van der Waals surface area (Å²) >= 11 is 6.95. The fourth-order valence-corrected chi connectivity index (χ4v) is 4.77. The van der Waals surface area contributed by atoms with Crippen LogP contribution in [0.3, 0.4) is 0 Å². The van der Waals surface area contributed by atoms with Gasteiger partial charge in [-0.05, 0) is 42.5 Å². The average molecular weight is 651 g/mol. The zero-order chi connectivity index (χ0) is 27.7. The van der Waals surface area contributed by atoms with Gasteiger partial charge in [-0.25, -0.2) is 9.97 Å². The predicted octanol–water partition coefficient (Wildman–Crippen LogP) is 6.65. The number of hydrogen-bond donors (Lipinski definition) is 1. The number of alkyl halides is 1. The van der Waals surface area contributed by atoms with E-state index in [9.17, 15) is 9.59 Å². The number of carbonyl (C=O) groups excluding carboxylic acids is 2. The molecular formula is C28H33Br2N3O5. The van der Waals surface area contributed by atoms with Crippen LogP contribution in [0.2, 0.25) is 0 Å². The molecule has 3 rings (SSSR count). The highest BCUT2D eigenvalue weighted by atomic mass is 79.9. The Hall–Kier alpha value is -2.72. The van der Waals surface area contributed by atoms with Crippen molar-refractivity contribution in [1.29, 1.82) is 0 Å². The Morgan fingerprint density at radius 1 is 1.08 bits per heavy atom. The number of Topliss-reactive ketones (excluding diaryl/α,β-unsaturated/α-hetero) is 1. The smallest absolute Gasteiger partial charge is 0.309 e. The number of benzene rings is 2. The van der Waals surface area contributed by atoms with Crippen molar-refractivity contribution in [3.05, 3.63) is 46.7 Å². The van der Waals surface area contributed by atoms with E-state index < -0.39 is 5.92 Å². The van der Waals surface area contributed by atoms with Crippen LogP contribution in [0.25, 0.3) is 10.9 Å². The monoisotopic (exact) mass is 649 g/mol. The molecule has 1 N–H and O–H groups in total. The van der Waals surface area contributed by atoms with Gasteiger partial charge in [0.15, 0.2) is 11.5 Å². The van der Waals surface area contributed by atoms with Gasteiger partial charge in [-0.3, -0.25) is 9.59 Å². The number of methoxy groups -OCH3 is 2. The Morgan fingerprint density at radius 3 is 2.55 bits per heavy atom. The first-order chi connectivity index (χ1) is 18.2. The standard InChI is InChI=1S/C28H33Br2N3O5/c1-17(2)10-19(28(35)37-4)12-21(34)11-18-6-7-20(30)13-23(18)33-27-22-14-26(38-9-5-8-29)25(36-3)15-24(22)31-16-32-27/h6-7,13-17,19H,5,8-12H2,1-4H3,(H,31,32,33)/t19-/m1/s1. The fourth-order valence-electron chi connectivity index (χ4n) is 4.18. The van der Waals surface area contributed by atoms with Gasteiger partial charge in [0, 0.05) is 39.8 Å². The van der Waals surface area contributed by atoms with Crippen LogP contribution < -0.4 is 14.8 Å². The minimum atomic E-state index is -0.455. The van der Waals surface area contributed by atoms with Crippen molar-refractivity contribution in [2.45, 2.75) is 39.5 Å². The average Bonchev–Trinajstić information content (AvgIpc) is 2.89. The molecule has 38 heavy (non-hydrogen) atoms. The van der Waals surface area contributed by atoms with Crippen molar-refractivity contribution < 1.29 is 23.8 Å². The molecule has 0 radical (unpaired) electrons. The number of nitrogens with one attached hydrogen (secondary N) is 1. The van der Waals surface area contributed by atoms with E-state index in [1.165, 1.54) is 13.4 Å². The first-order valence-corrected chi connectivity index (χ1v) is 14.3. The number of fused-ring (bicyclic) bond motifs is 1. The van der Waals surface area contributed by atoms with Crippen molar-refractivity contribution in [1.82, 2.24) is 9.97 Å². The number of hydrogen-bond acceptors (Lipinski definition) is 8. The van der Waals surface area contributed by atoms with Gasteiger partial charge >= 0.3 is 5.97 Å². The molecule has 0 bridgehead atoms. The second-order valence-corrected chi connectivity index (χ2v) is 11.0. The first-order valence-electron chi connectivity index (χ1n) is 12.4. The fraction of sp³-hybridized carbons (Fsp3) is 0.429. The van der Waals surface area contributed by atoms with E-state index in [1.807, 2.05) is 44.2 Å². The lowest BCUT2D eigenvalue weighted by atomic mass is 9.90. The molecule has 0 aliphatic heterocycles. The highest BCUT2D eigenvalue weighted by Gasteiger charge is 2.24. The minimum absolute atomic E-state index is 0.0359. The lowest BCUT2D eigenvalue weighted by Gasteiger charge is -2.17. The molecule has 0 spiro atoms. The molecular weight excluding hydrogens is 618 g/mol. The molecule has 0 fully saturated rings. The summed E-state index contributed by atoms with van der Waals surface area (Å²) in [6.45, 7) is 4.58. The van der Waals surface area contributed by atoms with Gasteiger partial charge in [-0.15, -0.1) is 0 Å². The van der Waals surface area contributed by atoms with Crippen LogP contribution in [0.5, 0.6) is 11.5 Å². The maximum Gasteiger partial charge on any atom is 0.309 e. The number of ketones is 1. The maximum atomic E-state index is 13.1. The van der Waals surface area contributed by atoms with E-state index in [0.717, 1.165) is 32.9 Å². The molecule has 1 atom stereocenters. The van der Waals surface area contributed by atoms with Gasteiger partial charge in [0.2, 0.25) is 0 Å². The second-order valence-electron chi connectivity index (χ2n) is 9.33. The summed E-state index contributed by atoms with van der Waals surface area (Å²) in [6, 6.07) is 9.36. The third-order valence-corrected chi connectivity index (χ3v) is 6.99. The number of carbonyl (C=O) groups is 2. The Morgan fingerprint density at radius 2 is 1.87 bits per heavy atom. The van der Waals surface area contributed by atoms with E-state index in [-0.39, 0.29) is 30.5 Å². The molecule has 0 saturated carbocycles. The normalized spacial score (nSPS) is 11.9. The number of aromatic nitrogens is 2. The third-order valence-electron chi connectivity index (χ3n) is 5.93. The topological polar surface area (TPSA) is 99.6 Å². The number of nitrogens with zero attached hydrogens (tertiary/aromatic N) is 2. The summed E-state index contributed by atoms with van der Waals surface area (Å²) < 4.78 is 17.2. The van der Waals surface area contributed by atoms with Crippen molar-refractivity contribution in [2.75, 3.05) is 31.5 Å². The molecule has 0 aliphatic carbocycles. The van der Waals surface area contributed by atoms with Crippen LogP contribution in [0.15, 0.2) is 41.1 Å². The summed E-state index contributed by atoms with van der Waals surface area (Å²) in [5, 5.41) is 4.97. The molecule has 10 heteroatoms. The lowest BCUT2D eigenvalue weighted by molar-refractivity contribution is -0.147. The van der Waals surface area contributed by atoms with E-state index in [2.05, 4.69) is 47.1 Å². The molecule has 204 valence electrons. The van der Waals surface area contributed by atoms with Crippen LogP contribution in [0.1, 0.15) is 38.7 Å². The molecule has 0 saturated heterocycles. The quantitative estimate of drug-likeness (QED) is 0.118. The number of halogens is 2. The Labute approximate surface area is 240 Å². The van der Waals surface area contributed by atoms with Gasteiger partial charge in [0.05, 0.1) is 32.3 Å². The molecule has 8 nitrogen and oxygen atoms in total. The number of anilines is 2. The SMILES string of the molecule is COC(=O)[C@@H](CC(=O)Cc1ccc(Br)cc1Nc1ncnc2cc(OC)c(OCCCBr)cc12)CC(C)C. The lowest BCUT2D eigenvalue weighted by Crippen LogP contribution is -2.22. The summed E-state index contributed by atoms with van der Waals surface area (Å²) in [6.07, 6.45) is 3.22. The summed E-state index contributed by atoms with van der Waals surface area (Å²) in [5.74, 6) is 1.19. The highest BCUT2D eigenvalue weighted by Crippen LogP contribution is 2.36. The minimum Gasteiger partial charge on any atom is -0.493 e. The Kier molecular flexibility index (Phi) is 11.3. The Bertz CT molecular complexity index is 1270. The molecule has 2 aromatic carbocycles. The van der Waals surface area contributed by atoms with E-state index >= 15 is 0 Å². The zero-order valence-corrected chi connectivity index (χ0v) is 25.2. The van der Waals surface area contributed by atoms with Gasteiger partial charge < -0.3 is 19.5 Å². The Balaban J connectivity index is 1.90. The molecule has 0 amide bonds. The molecule has 1 heterocycles. The number of rotatable bonds is 14. The summed E-state index contributed by atoms with van der Waals surface area (Å²) in [4.78, 5) is 34.2. The van der Waals surface area contributed by atoms with Crippen LogP contribution in [0, 0.1) is 11.8 Å². The van der Waals surface area contributed by atoms with Crippen molar-refractivity contribution in [2.24, 2.45) is 11.8 Å². The van der Waals surface area contributed by atoms with Crippen LogP contribution >= 0.6 is 31.9 Å². The first kappa shape index (κ1) is 29.8. The van der Waals surface area contributed by atoms with Crippen molar-refractivity contribution >= 4 is 66.0 Å². The van der Waals surface area contributed by atoms with E-state index in [1.54, 1.807) is 7.11 Å². The van der Waals surface area contributed by atoms with E-state index in [4.69, 9.17) is 14.2 Å². The predicted molar refractivity (Wildman–Crippen MR) is 156 cm³/mol. The van der Waals surface area contributed by atoms with Gasteiger partial charge in [-0.1, -0.05) is 51.8 Å². The van der Waals surface area contributed by atoms with Crippen LogP contribution in [-0.2, 0) is 20.7 Å². The summed E-state index contributed by atoms with van der Waals surface area (Å²) in [5.41, 5.74) is 2.21. The molecule has 0 unspecified atom stereocenters. The van der Waals surface area contributed by atoms with E-state index in [0.29, 0.717) is 35.9 Å². The molecule has 0 aliphatic rings. The summed E-state index contributed by atoms with van der Waals surface area (Å²) in [7, 11) is 2.95. The van der Waals surface area contributed by atoms with Gasteiger partial charge in [-0.2, -0.15) is 0 Å². The highest BCUT2D eigenvalue weighted by molar-refractivity contribution is 9.10. The zero-order valence-electron chi connectivity index (χ0n) is 22.1. The van der Waals surface area contributed by atoms with Crippen molar-refractivity contribution in [3.8, 4) is 11.5 Å². The largest absolute Gasteiger partial charge is 0.493 e. The number of esters is 1. The number of ether oxygens (including phenoxy) is 3. The second kappa shape index (κ2) is 14.4. The maximum absolute atomic E-state index is 13.1. The van der Waals surface area contributed by atoms with Crippen LogP contribution in [0.4, 0.5) is 11.5 Å². The van der Waals surface area contributed by atoms with Gasteiger partial charge in [0.25, 0.3) is 0 Å². The van der Waals surface area contributed by atoms with Crippen molar-refractivity contribution in [3.63, 3.8) is 0 Å².